The summed E-state index contributed by atoms with van der Waals surface area (Å²) >= 11 is 0. The number of hydrogen-bond donors (Lipinski definition) is 0. The van der Waals surface area contributed by atoms with E-state index in [0.717, 1.165) is 0 Å². The summed E-state index contributed by atoms with van der Waals surface area (Å²) in [4.78, 5) is 0. The topological polar surface area (TPSA) is 55.3 Å². The standard InChI is InChI=1S/C25H13BF14O3.2Li/c1-21(43-26(41)42,20-17(27)3-2-4-18(20)28)19(11-5-13(22(29,30)31)9-14(6-11)23(32,33)34)12-7-15(24(35,36)37)10-16(8-12)25(38,39)40;;/h2-10,19H,1H3;;/q-2;2*+1. The molecule has 3 aromatic rings. The molecule has 0 amide bonds. The van der Waals surface area contributed by atoms with Gasteiger partial charge in [-0.2, -0.15) is 52.7 Å². The second-order valence-electron chi connectivity index (χ2n) is 9.22. The van der Waals surface area contributed by atoms with Crippen LogP contribution in [-0.2, 0) is 35.0 Å². The Hall–Kier alpha value is -2.18. The van der Waals surface area contributed by atoms with Crippen LogP contribution < -0.4 is 47.8 Å². The van der Waals surface area contributed by atoms with Crippen molar-refractivity contribution in [3.8, 4) is 0 Å². The van der Waals surface area contributed by atoms with Crippen molar-refractivity contribution in [1.29, 1.82) is 0 Å². The van der Waals surface area contributed by atoms with Crippen molar-refractivity contribution < 1.29 is 114 Å². The minimum atomic E-state index is -5.62. The first-order chi connectivity index (χ1) is 19.4. The smallest absolute Gasteiger partial charge is 0.871 e. The number of rotatable bonds is 6. The summed E-state index contributed by atoms with van der Waals surface area (Å²) in [6, 6.07) is 0.00506. The molecular formula is C25H13BF14Li2O3. The molecule has 0 aliphatic carbocycles. The first kappa shape index (κ1) is 40.8. The van der Waals surface area contributed by atoms with Gasteiger partial charge in [-0.3, -0.25) is 0 Å². The van der Waals surface area contributed by atoms with Crippen molar-refractivity contribution in [2.75, 3.05) is 0 Å². The maximum absolute atomic E-state index is 15.0. The maximum atomic E-state index is 15.0. The van der Waals surface area contributed by atoms with Crippen LogP contribution in [0.25, 0.3) is 0 Å². The summed E-state index contributed by atoms with van der Waals surface area (Å²) < 4.78 is 199. The monoisotopic (exact) mass is 652 g/mol. The molecule has 1 unspecified atom stereocenters. The Morgan fingerprint density at radius 2 is 0.867 bits per heavy atom. The molecule has 0 saturated carbocycles. The van der Waals surface area contributed by atoms with Crippen molar-refractivity contribution in [2.24, 2.45) is 0 Å². The average molecular weight is 652 g/mol. The van der Waals surface area contributed by atoms with Crippen LogP contribution in [0.15, 0.2) is 54.6 Å². The first-order valence-electron chi connectivity index (χ1n) is 11.4. The number of alkyl halides is 12. The van der Waals surface area contributed by atoms with Crippen LogP contribution in [-0.4, -0.2) is 7.32 Å². The Balaban J connectivity index is 0.00000506. The molecular weight excluding hydrogens is 639 g/mol. The number of halogens is 14. The number of benzene rings is 3. The predicted molar refractivity (Wildman–Crippen MR) is 115 cm³/mol. The molecule has 0 aliphatic rings. The van der Waals surface area contributed by atoms with Crippen LogP contribution in [0.3, 0.4) is 0 Å². The van der Waals surface area contributed by atoms with Crippen molar-refractivity contribution in [3.63, 3.8) is 0 Å². The SMILES string of the molecule is CC(OB([O-])[O-])(c1c(F)cccc1F)C(c1cc(C(F)(F)F)cc(C(F)(F)F)c1)c1cc(C(F)(F)F)cc(C(F)(F)F)c1.[Li+].[Li+]. The van der Waals surface area contributed by atoms with Crippen LogP contribution in [0.5, 0.6) is 0 Å². The van der Waals surface area contributed by atoms with E-state index in [9.17, 15) is 62.7 Å². The van der Waals surface area contributed by atoms with Crippen LogP contribution in [0.1, 0.15) is 51.8 Å². The van der Waals surface area contributed by atoms with E-state index in [0.29, 0.717) is 25.1 Å². The van der Waals surface area contributed by atoms with Gasteiger partial charge in [0, 0.05) is 5.92 Å². The third-order valence-electron chi connectivity index (χ3n) is 6.24. The van der Waals surface area contributed by atoms with E-state index in [2.05, 4.69) is 4.65 Å². The van der Waals surface area contributed by atoms with E-state index in [1.54, 1.807) is 0 Å². The molecule has 0 spiro atoms. The van der Waals surface area contributed by atoms with Gasteiger partial charge < -0.3 is 14.7 Å². The third-order valence-corrected chi connectivity index (χ3v) is 6.24. The Kier molecular flexibility index (Phi) is 12.6. The van der Waals surface area contributed by atoms with E-state index in [-0.39, 0.29) is 62.0 Å². The van der Waals surface area contributed by atoms with Gasteiger partial charge in [0.25, 0.3) is 0 Å². The molecule has 3 rings (SSSR count). The molecule has 0 bridgehead atoms. The van der Waals surface area contributed by atoms with Crippen LogP contribution >= 0.6 is 0 Å². The molecule has 45 heavy (non-hydrogen) atoms. The Labute approximate surface area is 269 Å². The predicted octanol–water partition coefficient (Wildman–Crippen LogP) is 0.817. The van der Waals surface area contributed by atoms with Crippen molar-refractivity contribution in [2.45, 2.75) is 43.1 Å². The molecule has 20 heteroatoms. The molecule has 1 atom stereocenters. The van der Waals surface area contributed by atoms with Gasteiger partial charge in [-0.1, -0.05) is 6.07 Å². The quantitative estimate of drug-likeness (QED) is 0.293. The molecule has 0 N–H and O–H groups in total. The summed E-state index contributed by atoms with van der Waals surface area (Å²) in [6.07, 6.45) is -22.5. The summed E-state index contributed by atoms with van der Waals surface area (Å²) in [5.74, 6) is -6.44. The second-order valence-corrected chi connectivity index (χ2v) is 9.22. The van der Waals surface area contributed by atoms with Crippen LogP contribution in [0, 0.1) is 11.6 Å². The van der Waals surface area contributed by atoms with Gasteiger partial charge in [0.05, 0.1) is 40.7 Å². The zero-order valence-electron chi connectivity index (χ0n) is 22.9. The Bertz CT molecular complexity index is 1330. The van der Waals surface area contributed by atoms with Crippen molar-refractivity contribution >= 4 is 7.32 Å². The summed E-state index contributed by atoms with van der Waals surface area (Å²) in [5, 5.41) is 23.3. The van der Waals surface area contributed by atoms with Gasteiger partial charge in [0.15, 0.2) is 0 Å². The van der Waals surface area contributed by atoms with E-state index < -0.39 is 106 Å². The van der Waals surface area contributed by atoms with Crippen LogP contribution in [0.4, 0.5) is 61.5 Å². The van der Waals surface area contributed by atoms with Gasteiger partial charge in [-0.15, -0.1) is 0 Å². The summed E-state index contributed by atoms with van der Waals surface area (Å²) in [7, 11) is -3.67. The average Bonchev–Trinajstić information content (AvgIpc) is 2.81. The normalized spacial score (nSPS) is 14.0. The van der Waals surface area contributed by atoms with Crippen molar-refractivity contribution in [3.05, 3.63) is 105 Å². The van der Waals surface area contributed by atoms with Gasteiger partial charge >= 0.3 is 62.4 Å². The van der Waals surface area contributed by atoms with E-state index >= 15 is 8.78 Å². The molecule has 0 heterocycles. The molecule has 0 radical (unpaired) electrons. The fourth-order valence-electron chi connectivity index (χ4n) is 4.56. The first-order valence-corrected chi connectivity index (χ1v) is 11.4. The molecule has 0 fully saturated rings. The summed E-state index contributed by atoms with van der Waals surface area (Å²) in [5.41, 5.74) is -16.5. The molecule has 3 nitrogen and oxygen atoms in total. The fourth-order valence-corrected chi connectivity index (χ4v) is 4.56. The second kappa shape index (κ2) is 13.9. The van der Waals surface area contributed by atoms with E-state index in [1.807, 2.05) is 0 Å². The van der Waals surface area contributed by atoms with Gasteiger partial charge in [-0.05, 0) is 66.6 Å². The number of hydrogen-bond acceptors (Lipinski definition) is 3. The van der Waals surface area contributed by atoms with E-state index in [1.165, 1.54) is 0 Å². The zero-order chi connectivity index (χ0) is 32.9. The molecule has 0 saturated heterocycles. The maximum Gasteiger partial charge on any atom is 1.00 e. The van der Waals surface area contributed by atoms with Gasteiger partial charge in [0.1, 0.15) is 11.6 Å². The van der Waals surface area contributed by atoms with Crippen molar-refractivity contribution in [1.82, 2.24) is 0 Å². The molecule has 234 valence electrons. The van der Waals surface area contributed by atoms with Gasteiger partial charge in [-0.25, -0.2) is 8.78 Å². The Morgan fingerprint density at radius 1 is 0.578 bits per heavy atom. The minimum Gasteiger partial charge on any atom is -0.871 e. The molecule has 3 aromatic carbocycles. The zero-order valence-corrected chi connectivity index (χ0v) is 22.9. The minimum absolute atomic E-state index is 0. The molecule has 0 aromatic heterocycles. The van der Waals surface area contributed by atoms with Crippen LogP contribution in [0.2, 0.25) is 0 Å². The third kappa shape index (κ3) is 9.22. The largest absolute Gasteiger partial charge is 1.00 e. The Morgan fingerprint density at radius 3 is 1.11 bits per heavy atom. The van der Waals surface area contributed by atoms with Gasteiger partial charge in [0.2, 0.25) is 0 Å². The van der Waals surface area contributed by atoms with E-state index in [4.69, 9.17) is 0 Å². The molecule has 0 aliphatic heterocycles. The fraction of sp³-hybridized carbons (Fsp3) is 0.280. The summed E-state index contributed by atoms with van der Waals surface area (Å²) in [6.45, 7) is 0.350.